The second kappa shape index (κ2) is 6.38. The Kier molecular flexibility index (Phi) is 4.17. The Morgan fingerprint density at radius 2 is 1.71 bits per heavy atom. The van der Waals surface area contributed by atoms with Crippen LogP contribution < -0.4 is 15.8 Å². The quantitative estimate of drug-likeness (QED) is 0.791. The first-order valence-electron chi connectivity index (χ1n) is 10.4. The summed E-state index contributed by atoms with van der Waals surface area (Å²) < 4.78 is 6.16. The van der Waals surface area contributed by atoms with Crippen LogP contribution in [0, 0.1) is 23.2 Å². The summed E-state index contributed by atoms with van der Waals surface area (Å²) in [4.78, 5) is 25.4. The molecule has 1 aromatic carbocycles. The third kappa shape index (κ3) is 2.81. The third-order valence-electron chi connectivity index (χ3n) is 7.80. The Bertz CT molecular complexity index is 789. The molecular weight excluding hydrogens is 376 g/mol. The molecule has 4 bridgehead atoms. The number of hydrogen-bond donors (Lipinski definition) is 2. The molecule has 0 saturated heterocycles. The molecule has 6 heteroatoms. The molecule has 5 saturated carbocycles. The number of halogens is 1. The van der Waals surface area contributed by atoms with E-state index >= 15 is 0 Å². The van der Waals surface area contributed by atoms with E-state index in [1.54, 1.807) is 12.1 Å². The molecule has 150 valence electrons. The lowest BCUT2D eigenvalue weighted by atomic mass is 9.47. The average molecular weight is 403 g/mol. The number of hydrogen-bond acceptors (Lipinski definition) is 3. The maximum Gasteiger partial charge on any atom is 0.264 e. The average Bonchev–Trinajstić information content (AvgIpc) is 2.62. The van der Waals surface area contributed by atoms with E-state index in [-0.39, 0.29) is 23.3 Å². The van der Waals surface area contributed by atoms with Gasteiger partial charge in [-0.3, -0.25) is 9.59 Å². The first kappa shape index (κ1) is 18.3. The number of primary amides is 1. The van der Waals surface area contributed by atoms with Crippen molar-refractivity contribution in [3.63, 3.8) is 0 Å². The minimum absolute atomic E-state index is 0.000650. The summed E-state index contributed by atoms with van der Waals surface area (Å²) in [6.45, 7) is 0. The van der Waals surface area contributed by atoms with E-state index in [2.05, 4.69) is 5.32 Å². The predicted octanol–water partition coefficient (Wildman–Crippen LogP) is 3.44. The number of carbonyl (C=O) groups excluding carboxylic acids is 2. The maximum absolute atomic E-state index is 13.3. The highest BCUT2D eigenvalue weighted by Crippen LogP contribution is 2.60. The second-order valence-electron chi connectivity index (χ2n) is 9.52. The lowest BCUT2D eigenvalue weighted by Crippen LogP contribution is -2.65. The normalized spacial score (nSPS) is 37.2. The zero-order valence-electron chi connectivity index (χ0n) is 16.0. The van der Waals surface area contributed by atoms with Gasteiger partial charge in [0.05, 0.1) is 0 Å². The van der Waals surface area contributed by atoms with Gasteiger partial charge in [0.2, 0.25) is 5.91 Å². The molecule has 0 spiro atoms. The van der Waals surface area contributed by atoms with Crippen LogP contribution in [-0.4, -0.2) is 23.5 Å². The molecule has 0 radical (unpaired) electrons. The van der Waals surface area contributed by atoms with Crippen LogP contribution in [0.2, 0.25) is 5.02 Å². The van der Waals surface area contributed by atoms with Crippen molar-refractivity contribution in [2.75, 3.05) is 0 Å². The van der Waals surface area contributed by atoms with Crippen LogP contribution in [0.5, 0.6) is 5.75 Å². The van der Waals surface area contributed by atoms with Gasteiger partial charge in [0.1, 0.15) is 5.75 Å². The third-order valence-corrected chi connectivity index (χ3v) is 8.05. The van der Waals surface area contributed by atoms with Gasteiger partial charge in [-0.25, -0.2) is 0 Å². The Morgan fingerprint density at radius 1 is 1.07 bits per heavy atom. The number of benzene rings is 1. The van der Waals surface area contributed by atoms with Gasteiger partial charge in [0.15, 0.2) is 5.60 Å². The Hall–Kier alpha value is -1.75. The number of rotatable bonds is 5. The van der Waals surface area contributed by atoms with E-state index in [1.165, 1.54) is 0 Å². The van der Waals surface area contributed by atoms with Crippen LogP contribution in [0.15, 0.2) is 24.3 Å². The van der Waals surface area contributed by atoms with Gasteiger partial charge in [0, 0.05) is 16.5 Å². The molecule has 5 nitrogen and oxygen atoms in total. The van der Waals surface area contributed by atoms with Crippen molar-refractivity contribution in [3.8, 4) is 5.75 Å². The highest BCUT2D eigenvalue weighted by atomic mass is 35.5. The molecule has 2 atom stereocenters. The number of ether oxygens (including phenoxy) is 1. The van der Waals surface area contributed by atoms with Crippen molar-refractivity contribution in [1.29, 1.82) is 0 Å². The van der Waals surface area contributed by atoms with Crippen LogP contribution in [-0.2, 0) is 9.59 Å². The first-order chi connectivity index (χ1) is 13.4. The topological polar surface area (TPSA) is 81.4 Å². The molecule has 3 N–H and O–H groups in total. The molecule has 0 heterocycles. The van der Waals surface area contributed by atoms with Gasteiger partial charge in [-0.05, 0) is 93.4 Å². The molecule has 0 aromatic heterocycles. The summed E-state index contributed by atoms with van der Waals surface area (Å²) in [7, 11) is 0. The van der Waals surface area contributed by atoms with E-state index in [0.717, 1.165) is 51.4 Å². The van der Waals surface area contributed by atoms with Crippen molar-refractivity contribution in [1.82, 2.24) is 5.32 Å². The highest BCUT2D eigenvalue weighted by molar-refractivity contribution is 6.30. The van der Waals surface area contributed by atoms with Gasteiger partial charge >= 0.3 is 0 Å². The van der Waals surface area contributed by atoms with Crippen molar-refractivity contribution < 1.29 is 14.3 Å². The zero-order valence-corrected chi connectivity index (χ0v) is 16.7. The molecule has 1 aromatic rings. The predicted molar refractivity (Wildman–Crippen MR) is 106 cm³/mol. The van der Waals surface area contributed by atoms with Crippen molar-refractivity contribution >= 4 is 23.4 Å². The van der Waals surface area contributed by atoms with Crippen molar-refractivity contribution in [2.24, 2.45) is 28.9 Å². The Morgan fingerprint density at radius 3 is 2.25 bits per heavy atom. The number of carbonyl (C=O) groups is 2. The van der Waals surface area contributed by atoms with Gasteiger partial charge < -0.3 is 15.8 Å². The first-order valence-corrected chi connectivity index (χ1v) is 10.8. The van der Waals surface area contributed by atoms with Crippen LogP contribution in [0.4, 0.5) is 0 Å². The summed E-state index contributed by atoms with van der Waals surface area (Å²) in [6, 6.07) is 7.33. The fraction of sp³-hybridized carbons (Fsp3) is 0.636. The molecule has 6 rings (SSSR count). The molecule has 5 fully saturated rings. The lowest BCUT2D eigenvalue weighted by Gasteiger charge is -2.59. The largest absolute Gasteiger partial charge is 0.477 e. The minimum atomic E-state index is -0.774. The molecule has 28 heavy (non-hydrogen) atoms. The van der Waals surface area contributed by atoms with Crippen LogP contribution >= 0.6 is 11.6 Å². The van der Waals surface area contributed by atoms with Crippen molar-refractivity contribution in [2.45, 2.75) is 63.0 Å². The maximum atomic E-state index is 13.3. The van der Waals surface area contributed by atoms with Gasteiger partial charge in [-0.1, -0.05) is 11.6 Å². The summed E-state index contributed by atoms with van der Waals surface area (Å²) in [5, 5.41) is 4.00. The number of nitrogens with two attached hydrogens (primary N) is 1. The van der Waals surface area contributed by atoms with Crippen molar-refractivity contribution in [3.05, 3.63) is 29.3 Å². The fourth-order valence-corrected chi connectivity index (χ4v) is 6.57. The van der Waals surface area contributed by atoms with Crippen LogP contribution in [0.25, 0.3) is 0 Å². The second-order valence-corrected chi connectivity index (χ2v) is 9.95. The van der Waals surface area contributed by atoms with Crippen LogP contribution in [0.3, 0.4) is 0 Å². The Labute approximate surface area is 170 Å². The van der Waals surface area contributed by atoms with Crippen LogP contribution in [0.1, 0.15) is 51.4 Å². The van der Waals surface area contributed by atoms with E-state index in [0.29, 0.717) is 28.5 Å². The molecular formula is C22H27ClN2O3. The standard InChI is InChI=1S/C22H27ClN2O3/c23-16-2-4-17(5-3-16)28-22(6-1-7-22)20(27)25-18-14-8-13-9-15(18)12-21(10-13,11-14)19(24)26/h2-5,13-15,18H,1,6-12H2,(H2,24,26)(H,25,27). The van der Waals surface area contributed by atoms with E-state index in [9.17, 15) is 9.59 Å². The lowest BCUT2D eigenvalue weighted by molar-refractivity contribution is -0.154. The minimum Gasteiger partial charge on any atom is -0.477 e. The summed E-state index contributed by atoms with van der Waals surface area (Å²) in [5.74, 6) is 1.83. The van der Waals surface area contributed by atoms with E-state index in [4.69, 9.17) is 22.1 Å². The van der Waals surface area contributed by atoms with Gasteiger partial charge in [-0.2, -0.15) is 0 Å². The van der Waals surface area contributed by atoms with E-state index in [1.807, 2.05) is 12.1 Å². The Balaban J connectivity index is 1.31. The summed E-state index contributed by atoms with van der Waals surface area (Å²) >= 11 is 5.96. The highest BCUT2D eigenvalue weighted by Gasteiger charge is 2.59. The SMILES string of the molecule is NC(=O)C12CC3CC(C1)C(NC(=O)C1(Oc4ccc(Cl)cc4)CCC1)C(C3)C2. The van der Waals surface area contributed by atoms with Gasteiger partial charge in [0.25, 0.3) is 5.91 Å². The smallest absolute Gasteiger partial charge is 0.264 e. The molecule has 5 aliphatic carbocycles. The van der Waals surface area contributed by atoms with Gasteiger partial charge in [-0.15, -0.1) is 0 Å². The molecule has 0 aliphatic heterocycles. The monoisotopic (exact) mass is 402 g/mol. The van der Waals surface area contributed by atoms with E-state index < -0.39 is 5.60 Å². The molecule has 2 unspecified atom stereocenters. The number of nitrogens with one attached hydrogen (secondary N) is 1. The zero-order chi connectivity index (χ0) is 19.5. The fourth-order valence-electron chi connectivity index (χ4n) is 6.45. The number of amides is 2. The molecule has 5 aliphatic rings. The summed E-state index contributed by atoms with van der Waals surface area (Å²) in [5.41, 5.74) is 4.68. The summed E-state index contributed by atoms with van der Waals surface area (Å²) in [6.07, 6.45) is 7.25. The molecule has 2 amide bonds.